The number of rotatable bonds is 3. The lowest BCUT2D eigenvalue weighted by Gasteiger charge is -2.05. The van der Waals surface area contributed by atoms with E-state index in [1.807, 2.05) is 0 Å². The van der Waals surface area contributed by atoms with Crippen molar-refractivity contribution in [3.8, 4) is 5.69 Å². The lowest BCUT2D eigenvalue weighted by atomic mass is 10.3. The van der Waals surface area contributed by atoms with E-state index in [2.05, 4.69) is 36.8 Å². The molecule has 0 aliphatic rings. The molecule has 1 aromatic heterocycles. The van der Waals surface area contributed by atoms with Gasteiger partial charge in [0.05, 0.1) is 6.54 Å². The third-order valence-electron chi connectivity index (χ3n) is 2.01. The summed E-state index contributed by atoms with van der Waals surface area (Å²) in [6.45, 7) is 0.475. The number of tetrazole rings is 1. The van der Waals surface area contributed by atoms with Gasteiger partial charge in [0, 0.05) is 4.47 Å². The summed E-state index contributed by atoms with van der Waals surface area (Å²) in [5, 5.41) is 14.0. The number of halogens is 2. The van der Waals surface area contributed by atoms with E-state index < -0.39 is 0 Å². The van der Waals surface area contributed by atoms with Crippen LogP contribution in [0, 0.1) is 5.82 Å². The van der Waals surface area contributed by atoms with E-state index in [1.165, 1.54) is 10.7 Å². The van der Waals surface area contributed by atoms with Crippen LogP contribution in [0.4, 0.5) is 4.39 Å². The first kappa shape index (κ1) is 11.2. The lowest BCUT2D eigenvalue weighted by Crippen LogP contribution is -2.13. The van der Waals surface area contributed by atoms with Crippen LogP contribution in [0.25, 0.3) is 5.69 Å². The monoisotopic (exact) mass is 285 g/mol. The van der Waals surface area contributed by atoms with Crippen molar-refractivity contribution in [2.24, 2.45) is 0 Å². The van der Waals surface area contributed by atoms with Crippen LogP contribution in [0.2, 0.25) is 0 Å². The van der Waals surface area contributed by atoms with Crippen molar-refractivity contribution >= 4 is 15.9 Å². The third kappa shape index (κ3) is 2.10. The molecule has 0 atom stereocenters. The van der Waals surface area contributed by atoms with Crippen molar-refractivity contribution < 1.29 is 4.39 Å². The molecule has 0 unspecified atom stereocenters. The lowest BCUT2D eigenvalue weighted by molar-refractivity contribution is 0.598. The highest BCUT2D eigenvalue weighted by Gasteiger charge is 2.11. The summed E-state index contributed by atoms with van der Waals surface area (Å²) >= 11 is 3.20. The van der Waals surface area contributed by atoms with Gasteiger partial charge in [-0.1, -0.05) is 15.9 Å². The minimum absolute atomic E-state index is 0.332. The Hall–Kier alpha value is -1.34. The molecule has 0 saturated carbocycles. The highest BCUT2D eigenvalue weighted by Crippen LogP contribution is 2.18. The molecule has 2 rings (SSSR count). The predicted molar refractivity (Wildman–Crippen MR) is 59.6 cm³/mol. The molecule has 0 saturated heterocycles. The SMILES string of the molecule is CNCc1nnnn1-c1ccc(Br)cc1F. The van der Waals surface area contributed by atoms with Crippen LogP contribution in [0.15, 0.2) is 22.7 Å². The number of benzene rings is 1. The highest BCUT2D eigenvalue weighted by molar-refractivity contribution is 9.10. The molecule has 0 fully saturated rings. The van der Waals surface area contributed by atoms with Gasteiger partial charge in [0.1, 0.15) is 11.5 Å². The molecule has 84 valence electrons. The fourth-order valence-corrected chi connectivity index (χ4v) is 1.65. The normalized spacial score (nSPS) is 10.7. The third-order valence-corrected chi connectivity index (χ3v) is 2.50. The Labute approximate surface area is 99.8 Å². The summed E-state index contributed by atoms with van der Waals surface area (Å²) < 4.78 is 15.7. The number of hydrogen-bond donors (Lipinski definition) is 1. The standard InChI is InChI=1S/C9H9BrFN5/c1-12-5-9-13-14-15-16(9)8-3-2-6(10)4-7(8)11/h2-4,12H,5H2,1H3. The Kier molecular flexibility index (Phi) is 3.25. The second kappa shape index (κ2) is 4.67. The van der Waals surface area contributed by atoms with Gasteiger partial charge >= 0.3 is 0 Å². The smallest absolute Gasteiger partial charge is 0.170 e. The number of nitrogens with one attached hydrogen (secondary N) is 1. The minimum atomic E-state index is -0.376. The second-order valence-electron chi connectivity index (χ2n) is 3.13. The van der Waals surface area contributed by atoms with Crippen LogP contribution in [0.1, 0.15) is 5.82 Å². The number of nitrogens with zero attached hydrogens (tertiary/aromatic N) is 4. The maximum atomic E-state index is 13.7. The maximum Gasteiger partial charge on any atom is 0.170 e. The van der Waals surface area contributed by atoms with Crippen LogP contribution < -0.4 is 5.32 Å². The molecule has 1 N–H and O–H groups in total. The quantitative estimate of drug-likeness (QED) is 0.923. The van der Waals surface area contributed by atoms with Crippen molar-refractivity contribution in [2.45, 2.75) is 6.54 Å². The molecule has 16 heavy (non-hydrogen) atoms. The summed E-state index contributed by atoms with van der Waals surface area (Å²) in [5.41, 5.74) is 0.332. The summed E-state index contributed by atoms with van der Waals surface area (Å²) in [4.78, 5) is 0. The molecule has 0 bridgehead atoms. The first-order valence-electron chi connectivity index (χ1n) is 4.59. The first-order valence-corrected chi connectivity index (χ1v) is 5.39. The molecule has 0 aliphatic heterocycles. The summed E-state index contributed by atoms with van der Waals surface area (Å²) in [7, 11) is 1.77. The number of hydrogen-bond acceptors (Lipinski definition) is 4. The molecular formula is C9H9BrFN5. The van der Waals surface area contributed by atoms with Gasteiger partial charge in [0.25, 0.3) is 0 Å². The second-order valence-corrected chi connectivity index (χ2v) is 4.05. The Morgan fingerprint density at radius 1 is 1.50 bits per heavy atom. The average Bonchev–Trinajstić information content (AvgIpc) is 2.67. The zero-order chi connectivity index (χ0) is 11.5. The molecule has 5 nitrogen and oxygen atoms in total. The average molecular weight is 286 g/mol. The summed E-state index contributed by atoms with van der Waals surface area (Å²) in [6, 6.07) is 4.73. The van der Waals surface area contributed by atoms with E-state index in [0.29, 0.717) is 22.5 Å². The van der Waals surface area contributed by atoms with Gasteiger partial charge in [-0.25, -0.2) is 4.39 Å². The van der Waals surface area contributed by atoms with Gasteiger partial charge in [-0.2, -0.15) is 4.68 Å². The maximum absolute atomic E-state index is 13.7. The number of aromatic nitrogens is 4. The van der Waals surface area contributed by atoms with Gasteiger partial charge in [-0.3, -0.25) is 0 Å². The fourth-order valence-electron chi connectivity index (χ4n) is 1.31. The highest BCUT2D eigenvalue weighted by atomic mass is 79.9. The van der Waals surface area contributed by atoms with Gasteiger partial charge in [-0.05, 0) is 35.7 Å². The topological polar surface area (TPSA) is 55.6 Å². The first-order chi connectivity index (χ1) is 7.72. The van der Waals surface area contributed by atoms with Crippen LogP contribution >= 0.6 is 15.9 Å². The zero-order valence-corrected chi connectivity index (χ0v) is 10.1. The molecule has 0 amide bonds. The van der Waals surface area contributed by atoms with Gasteiger partial charge in [-0.15, -0.1) is 5.10 Å². The van der Waals surface area contributed by atoms with E-state index in [-0.39, 0.29) is 5.82 Å². The molecule has 1 aromatic carbocycles. The van der Waals surface area contributed by atoms with Gasteiger partial charge in [0.2, 0.25) is 0 Å². The molecular weight excluding hydrogens is 277 g/mol. The van der Waals surface area contributed by atoms with Crippen molar-refractivity contribution in [3.63, 3.8) is 0 Å². The minimum Gasteiger partial charge on any atom is -0.313 e. The summed E-state index contributed by atoms with van der Waals surface area (Å²) in [6.07, 6.45) is 0. The predicted octanol–water partition coefficient (Wildman–Crippen LogP) is 1.28. The van der Waals surface area contributed by atoms with Crippen molar-refractivity contribution in [3.05, 3.63) is 34.3 Å². The van der Waals surface area contributed by atoms with Crippen molar-refractivity contribution in [1.82, 2.24) is 25.5 Å². The molecule has 2 aromatic rings. The molecule has 0 radical (unpaired) electrons. The Morgan fingerprint density at radius 2 is 2.31 bits per heavy atom. The van der Waals surface area contributed by atoms with E-state index in [9.17, 15) is 4.39 Å². The van der Waals surface area contributed by atoms with Crippen LogP contribution in [-0.2, 0) is 6.54 Å². The van der Waals surface area contributed by atoms with E-state index in [0.717, 1.165) is 0 Å². The van der Waals surface area contributed by atoms with E-state index >= 15 is 0 Å². The summed E-state index contributed by atoms with van der Waals surface area (Å²) in [5.74, 6) is 0.183. The Morgan fingerprint density at radius 3 is 3.00 bits per heavy atom. The Bertz CT molecular complexity index is 498. The molecule has 0 aliphatic carbocycles. The molecule has 1 heterocycles. The molecule has 7 heteroatoms. The van der Waals surface area contributed by atoms with Crippen LogP contribution in [-0.4, -0.2) is 27.3 Å². The van der Waals surface area contributed by atoms with E-state index in [4.69, 9.17) is 0 Å². The van der Waals surface area contributed by atoms with Crippen LogP contribution in [0.5, 0.6) is 0 Å². The van der Waals surface area contributed by atoms with Crippen molar-refractivity contribution in [1.29, 1.82) is 0 Å². The fraction of sp³-hybridized carbons (Fsp3) is 0.222. The van der Waals surface area contributed by atoms with Gasteiger partial charge < -0.3 is 5.32 Å². The zero-order valence-electron chi connectivity index (χ0n) is 8.48. The molecule has 0 spiro atoms. The Balaban J connectivity index is 2.46. The van der Waals surface area contributed by atoms with Gasteiger partial charge in [0.15, 0.2) is 5.82 Å². The van der Waals surface area contributed by atoms with Crippen LogP contribution in [0.3, 0.4) is 0 Å². The van der Waals surface area contributed by atoms with E-state index in [1.54, 1.807) is 19.2 Å². The largest absolute Gasteiger partial charge is 0.313 e. The van der Waals surface area contributed by atoms with Crippen molar-refractivity contribution in [2.75, 3.05) is 7.05 Å².